The Bertz CT molecular complexity index is 247. The van der Waals surface area contributed by atoms with Crippen molar-refractivity contribution < 1.29 is 4.74 Å². The first-order chi connectivity index (χ1) is 8.70. The summed E-state index contributed by atoms with van der Waals surface area (Å²) >= 11 is 0. The molecule has 0 saturated carbocycles. The Morgan fingerprint density at radius 2 is 2.17 bits per heavy atom. The molecule has 2 aliphatic heterocycles. The summed E-state index contributed by atoms with van der Waals surface area (Å²) in [5.41, 5.74) is 0. The monoisotopic (exact) mass is 255 g/mol. The molecule has 2 aliphatic rings. The smallest absolute Gasteiger partial charge is 0.0623 e. The molecule has 4 nitrogen and oxygen atoms in total. The fourth-order valence-electron chi connectivity index (χ4n) is 3.07. The number of ether oxygens (including phenoxy) is 1. The minimum atomic E-state index is 0.573. The maximum atomic E-state index is 5.65. The summed E-state index contributed by atoms with van der Waals surface area (Å²) in [4.78, 5) is 4.97. The molecule has 0 aliphatic carbocycles. The number of hydrogen-bond donors (Lipinski definition) is 1. The Morgan fingerprint density at radius 1 is 1.33 bits per heavy atom. The maximum Gasteiger partial charge on any atom is 0.0623 e. The number of rotatable bonds is 6. The van der Waals surface area contributed by atoms with Gasteiger partial charge in [-0.15, -0.1) is 0 Å². The second-order valence-electron chi connectivity index (χ2n) is 6.02. The predicted octanol–water partition coefficient (Wildman–Crippen LogP) is 0.637. The van der Waals surface area contributed by atoms with E-state index < -0.39 is 0 Å². The SMILES string of the molecule is CCCNC1COCC1CN1CCC(N(C)C)C1. The van der Waals surface area contributed by atoms with Crippen molar-refractivity contribution in [2.45, 2.75) is 31.8 Å². The van der Waals surface area contributed by atoms with Gasteiger partial charge >= 0.3 is 0 Å². The summed E-state index contributed by atoms with van der Waals surface area (Å²) in [6.45, 7) is 8.85. The average molecular weight is 255 g/mol. The van der Waals surface area contributed by atoms with E-state index in [1.54, 1.807) is 0 Å². The van der Waals surface area contributed by atoms with Crippen molar-refractivity contribution in [3.05, 3.63) is 0 Å². The average Bonchev–Trinajstić information content (AvgIpc) is 2.96. The summed E-state index contributed by atoms with van der Waals surface area (Å²) in [5, 5.41) is 3.63. The highest BCUT2D eigenvalue weighted by Gasteiger charge is 2.32. The molecule has 0 spiro atoms. The van der Waals surface area contributed by atoms with Gasteiger partial charge in [0.15, 0.2) is 0 Å². The maximum absolute atomic E-state index is 5.65. The third-order valence-corrected chi connectivity index (χ3v) is 4.33. The highest BCUT2D eigenvalue weighted by atomic mass is 16.5. The molecule has 0 radical (unpaired) electrons. The number of hydrogen-bond acceptors (Lipinski definition) is 4. The molecule has 2 heterocycles. The van der Waals surface area contributed by atoms with E-state index in [1.165, 1.54) is 32.5 Å². The lowest BCUT2D eigenvalue weighted by Gasteiger charge is -2.25. The van der Waals surface area contributed by atoms with E-state index in [0.717, 1.165) is 25.8 Å². The van der Waals surface area contributed by atoms with E-state index in [1.807, 2.05) is 0 Å². The highest BCUT2D eigenvalue weighted by molar-refractivity contribution is 4.87. The number of likely N-dealkylation sites (N-methyl/N-ethyl adjacent to an activating group) is 1. The molecule has 2 fully saturated rings. The standard InChI is InChI=1S/C14H29N3O/c1-4-6-15-14-11-18-10-12(14)8-17-7-5-13(9-17)16(2)3/h12-15H,4-11H2,1-3H3. The van der Waals surface area contributed by atoms with Crippen LogP contribution in [0.15, 0.2) is 0 Å². The van der Waals surface area contributed by atoms with Crippen LogP contribution in [0, 0.1) is 5.92 Å². The van der Waals surface area contributed by atoms with Crippen molar-refractivity contribution in [3.8, 4) is 0 Å². The Kier molecular flexibility index (Phi) is 5.42. The topological polar surface area (TPSA) is 27.7 Å². The number of nitrogens with zero attached hydrogens (tertiary/aromatic N) is 2. The predicted molar refractivity (Wildman–Crippen MR) is 74.9 cm³/mol. The van der Waals surface area contributed by atoms with Gasteiger partial charge in [-0.3, -0.25) is 0 Å². The normalized spacial score (nSPS) is 33.7. The zero-order valence-corrected chi connectivity index (χ0v) is 12.2. The van der Waals surface area contributed by atoms with Crippen molar-refractivity contribution in [1.82, 2.24) is 15.1 Å². The van der Waals surface area contributed by atoms with Crippen molar-refractivity contribution in [2.75, 3.05) is 53.5 Å². The lowest BCUT2D eigenvalue weighted by Crippen LogP contribution is -2.42. The zero-order valence-electron chi connectivity index (χ0n) is 12.2. The second-order valence-corrected chi connectivity index (χ2v) is 6.02. The molecule has 0 bridgehead atoms. The largest absolute Gasteiger partial charge is 0.379 e. The molecule has 0 amide bonds. The first kappa shape index (κ1) is 14.3. The van der Waals surface area contributed by atoms with Crippen LogP contribution in [-0.4, -0.2) is 75.4 Å². The summed E-state index contributed by atoms with van der Waals surface area (Å²) in [5.74, 6) is 0.678. The van der Waals surface area contributed by atoms with Crippen LogP contribution in [0.1, 0.15) is 19.8 Å². The molecule has 3 unspecified atom stereocenters. The van der Waals surface area contributed by atoms with Crippen LogP contribution < -0.4 is 5.32 Å². The number of likely N-dealkylation sites (tertiary alicyclic amines) is 1. The van der Waals surface area contributed by atoms with Gasteiger partial charge in [0.25, 0.3) is 0 Å². The summed E-state index contributed by atoms with van der Waals surface area (Å²) in [6.07, 6.45) is 2.52. The Morgan fingerprint density at radius 3 is 2.83 bits per heavy atom. The van der Waals surface area contributed by atoms with Crippen molar-refractivity contribution in [2.24, 2.45) is 5.92 Å². The van der Waals surface area contributed by atoms with Crippen LogP contribution >= 0.6 is 0 Å². The van der Waals surface area contributed by atoms with Gasteiger partial charge in [-0.1, -0.05) is 6.92 Å². The molecule has 2 rings (SSSR count). The lowest BCUT2D eigenvalue weighted by atomic mass is 10.0. The van der Waals surface area contributed by atoms with Gasteiger partial charge in [-0.25, -0.2) is 0 Å². The van der Waals surface area contributed by atoms with Crippen molar-refractivity contribution in [3.63, 3.8) is 0 Å². The molecule has 18 heavy (non-hydrogen) atoms. The first-order valence-corrected chi connectivity index (χ1v) is 7.40. The molecule has 0 aromatic heterocycles. The van der Waals surface area contributed by atoms with Crippen molar-refractivity contribution >= 4 is 0 Å². The third-order valence-electron chi connectivity index (χ3n) is 4.33. The summed E-state index contributed by atoms with van der Waals surface area (Å²) in [6, 6.07) is 1.32. The first-order valence-electron chi connectivity index (χ1n) is 7.40. The minimum Gasteiger partial charge on any atom is -0.379 e. The lowest BCUT2D eigenvalue weighted by molar-refractivity contribution is 0.171. The molecule has 2 saturated heterocycles. The zero-order chi connectivity index (χ0) is 13.0. The van der Waals surface area contributed by atoms with Gasteiger partial charge < -0.3 is 19.9 Å². The third kappa shape index (κ3) is 3.67. The molecule has 0 aromatic carbocycles. The highest BCUT2D eigenvalue weighted by Crippen LogP contribution is 2.20. The molecule has 106 valence electrons. The molecule has 0 aromatic rings. The van der Waals surface area contributed by atoms with Gasteiger partial charge in [0.05, 0.1) is 13.2 Å². The van der Waals surface area contributed by atoms with Gasteiger partial charge in [0.2, 0.25) is 0 Å². The minimum absolute atomic E-state index is 0.573. The molecular weight excluding hydrogens is 226 g/mol. The van der Waals surface area contributed by atoms with Crippen LogP contribution in [-0.2, 0) is 4.74 Å². The van der Waals surface area contributed by atoms with Gasteiger partial charge in [0, 0.05) is 31.1 Å². The fraction of sp³-hybridized carbons (Fsp3) is 1.00. The Labute approximate surface area is 112 Å². The van der Waals surface area contributed by atoms with E-state index in [-0.39, 0.29) is 0 Å². The summed E-state index contributed by atoms with van der Waals surface area (Å²) < 4.78 is 5.65. The van der Waals surface area contributed by atoms with Gasteiger partial charge in [-0.05, 0) is 40.0 Å². The van der Waals surface area contributed by atoms with E-state index in [0.29, 0.717) is 12.0 Å². The Hall–Kier alpha value is -0.160. The molecule has 4 heteroatoms. The molecule has 1 N–H and O–H groups in total. The quantitative estimate of drug-likeness (QED) is 0.754. The number of nitrogens with one attached hydrogen (secondary N) is 1. The molecule has 3 atom stereocenters. The van der Waals surface area contributed by atoms with Crippen LogP contribution in [0.5, 0.6) is 0 Å². The van der Waals surface area contributed by atoms with Gasteiger partial charge in [0.1, 0.15) is 0 Å². The van der Waals surface area contributed by atoms with E-state index in [9.17, 15) is 0 Å². The van der Waals surface area contributed by atoms with E-state index >= 15 is 0 Å². The summed E-state index contributed by atoms with van der Waals surface area (Å²) in [7, 11) is 4.39. The van der Waals surface area contributed by atoms with Crippen LogP contribution in [0.3, 0.4) is 0 Å². The van der Waals surface area contributed by atoms with Crippen LogP contribution in [0.4, 0.5) is 0 Å². The van der Waals surface area contributed by atoms with E-state index in [2.05, 4.69) is 36.1 Å². The van der Waals surface area contributed by atoms with Crippen LogP contribution in [0.2, 0.25) is 0 Å². The fourth-order valence-corrected chi connectivity index (χ4v) is 3.07. The Balaban J connectivity index is 1.75. The second kappa shape index (κ2) is 6.85. The van der Waals surface area contributed by atoms with E-state index in [4.69, 9.17) is 4.74 Å². The van der Waals surface area contributed by atoms with Gasteiger partial charge in [-0.2, -0.15) is 0 Å². The molecular formula is C14H29N3O. The van der Waals surface area contributed by atoms with Crippen LogP contribution in [0.25, 0.3) is 0 Å². The van der Waals surface area contributed by atoms with Crippen molar-refractivity contribution in [1.29, 1.82) is 0 Å².